The van der Waals surface area contributed by atoms with Crippen LogP contribution in [0, 0.1) is 0 Å². The van der Waals surface area contributed by atoms with Crippen molar-refractivity contribution >= 4 is 17.5 Å². The van der Waals surface area contributed by atoms with E-state index in [-0.39, 0.29) is 18.2 Å². The molecule has 3 aliphatic heterocycles. The first-order chi connectivity index (χ1) is 19.5. The molecule has 3 aliphatic rings. The van der Waals surface area contributed by atoms with Crippen LogP contribution in [-0.2, 0) is 37.6 Å². The quantitative estimate of drug-likeness (QED) is 0.293. The molecule has 1 saturated heterocycles. The van der Waals surface area contributed by atoms with E-state index in [4.69, 9.17) is 9.47 Å². The molecule has 1 spiro atoms. The van der Waals surface area contributed by atoms with E-state index in [1.54, 1.807) is 4.90 Å². The van der Waals surface area contributed by atoms with Crippen LogP contribution in [0.5, 0.6) is 0 Å². The first kappa shape index (κ1) is 26.5. The van der Waals surface area contributed by atoms with Crippen molar-refractivity contribution in [2.45, 2.75) is 64.0 Å². The van der Waals surface area contributed by atoms with Gasteiger partial charge >= 0.3 is 0 Å². The summed E-state index contributed by atoms with van der Waals surface area (Å²) in [7, 11) is 0. The van der Waals surface area contributed by atoms with Gasteiger partial charge in [0.25, 0.3) is 17.7 Å². The van der Waals surface area contributed by atoms with Crippen LogP contribution in [0.1, 0.15) is 56.2 Å². The zero-order valence-electron chi connectivity index (χ0n) is 23.3. The summed E-state index contributed by atoms with van der Waals surface area (Å²) in [6.07, 6.45) is 3.62. The van der Waals surface area contributed by atoms with Crippen molar-refractivity contribution < 1.29 is 19.1 Å². The summed E-state index contributed by atoms with van der Waals surface area (Å²) in [5.41, 5.74) is 3.96. The van der Waals surface area contributed by atoms with E-state index in [9.17, 15) is 9.59 Å². The van der Waals surface area contributed by atoms with E-state index >= 15 is 0 Å². The Kier molecular flexibility index (Phi) is 7.07. The van der Waals surface area contributed by atoms with Gasteiger partial charge in [0.1, 0.15) is 0 Å². The topological polar surface area (TPSA) is 59.1 Å². The molecule has 0 saturated carbocycles. The van der Waals surface area contributed by atoms with Crippen LogP contribution in [0.2, 0.25) is 0 Å². The first-order valence-corrected chi connectivity index (χ1v) is 14.4. The molecule has 3 aromatic rings. The normalized spacial score (nSPS) is 23.4. The molecule has 0 radical (unpaired) electrons. The molecular weight excluding hydrogens is 500 g/mol. The van der Waals surface area contributed by atoms with E-state index in [1.165, 1.54) is 0 Å². The Morgan fingerprint density at radius 3 is 2.23 bits per heavy atom. The minimum atomic E-state index is -1.39. The third kappa shape index (κ3) is 4.18. The lowest BCUT2D eigenvalue weighted by atomic mass is 9.88. The van der Waals surface area contributed by atoms with Gasteiger partial charge in [0.2, 0.25) is 0 Å². The van der Waals surface area contributed by atoms with Gasteiger partial charge in [-0.25, -0.2) is 0 Å². The highest BCUT2D eigenvalue weighted by Gasteiger charge is 2.69. The number of carbonyl (C=O) groups is 2. The zero-order chi connectivity index (χ0) is 27.7. The number of hydrogen-bond donors (Lipinski definition) is 0. The van der Waals surface area contributed by atoms with Crippen LogP contribution in [-0.4, -0.2) is 35.8 Å². The third-order valence-corrected chi connectivity index (χ3v) is 8.30. The molecular formula is C34H36N2O4. The number of nitrogens with zero attached hydrogens (tertiary/aromatic N) is 2. The average Bonchev–Trinajstić information content (AvgIpc) is 3.50. The minimum absolute atomic E-state index is 0.0573. The molecule has 6 nitrogen and oxygen atoms in total. The van der Waals surface area contributed by atoms with Crippen molar-refractivity contribution in [3.63, 3.8) is 0 Å². The summed E-state index contributed by atoms with van der Waals surface area (Å²) in [5.74, 6) is -1.56. The van der Waals surface area contributed by atoms with Crippen molar-refractivity contribution in [3.8, 4) is 0 Å². The van der Waals surface area contributed by atoms with Gasteiger partial charge in [0, 0.05) is 42.7 Å². The lowest BCUT2D eigenvalue weighted by Gasteiger charge is -2.38. The maximum atomic E-state index is 14.5. The Bertz CT molecular complexity index is 1440. The van der Waals surface area contributed by atoms with Crippen LogP contribution >= 0.6 is 0 Å². The Labute approximate surface area is 236 Å². The highest BCUT2D eigenvalue weighted by Crippen LogP contribution is 2.59. The van der Waals surface area contributed by atoms with E-state index in [2.05, 4.69) is 6.92 Å². The predicted octanol–water partition coefficient (Wildman–Crippen LogP) is 6.11. The number of benzene rings is 3. The summed E-state index contributed by atoms with van der Waals surface area (Å²) in [5, 5.41) is 0. The SMILES string of the molecule is CCCCCN1C(=O)C(Cc2ccccc2)=C2C[C@@]3(O[C@]21OCC)C(=O)N(Cc1ccccc1)c1ccccc13. The van der Waals surface area contributed by atoms with Crippen molar-refractivity contribution in [1.29, 1.82) is 0 Å². The number of fused-ring (bicyclic) bond motifs is 3. The monoisotopic (exact) mass is 536 g/mol. The highest BCUT2D eigenvalue weighted by atomic mass is 16.7. The number of carbonyl (C=O) groups excluding carboxylic acids is 2. The second kappa shape index (κ2) is 10.7. The highest BCUT2D eigenvalue weighted by molar-refractivity contribution is 6.08. The molecule has 2 amide bonds. The van der Waals surface area contributed by atoms with Gasteiger partial charge in [-0.15, -0.1) is 0 Å². The van der Waals surface area contributed by atoms with E-state index < -0.39 is 11.5 Å². The number of ether oxygens (including phenoxy) is 2. The Balaban J connectivity index is 1.47. The Morgan fingerprint density at radius 1 is 0.850 bits per heavy atom. The van der Waals surface area contributed by atoms with E-state index in [0.717, 1.165) is 47.2 Å². The Hall–Kier alpha value is -3.74. The molecule has 0 N–H and O–H groups in total. The molecule has 0 bridgehead atoms. The van der Waals surface area contributed by atoms with Crippen LogP contribution in [0.25, 0.3) is 0 Å². The molecule has 3 aromatic carbocycles. The number of amides is 2. The maximum Gasteiger partial charge on any atom is 0.280 e. The average molecular weight is 537 g/mol. The molecule has 0 unspecified atom stereocenters. The summed E-state index contributed by atoms with van der Waals surface area (Å²) < 4.78 is 13.4. The third-order valence-electron chi connectivity index (χ3n) is 8.30. The van der Waals surface area contributed by atoms with Crippen LogP contribution < -0.4 is 4.90 Å². The molecule has 1 fully saturated rings. The van der Waals surface area contributed by atoms with Gasteiger partial charge in [-0.2, -0.15) is 0 Å². The number of unbranched alkanes of at least 4 members (excludes halogenated alkanes) is 2. The molecule has 0 aromatic heterocycles. The van der Waals surface area contributed by atoms with E-state index in [0.29, 0.717) is 31.7 Å². The molecule has 6 heteroatoms. The molecule has 206 valence electrons. The minimum Gasteiger partial charge on any atom is -0.329 e. The lowest BCUT2D eigenvalue weighted by Crippen LogP contribution is -2.53. The van der Waals surface area contributed by atoms with Crippen molar-refractivity contribution in [3.05, 3.63) is 113 Å². The fraction of sp³-hybridized carbons (Fsp3) is 0.353. The summed E-state index contributed by atoms with van der Waals surface area (Å²) in [4.78, 5) is 32.1. The van der Waals surface area contributed by atoms with Gasteiger partial charge in [-0.1, -0.05) is 98.6 Å². The largest absolute Gasteiger partial charge is 0.329 e. The fourth-order valence-electron chi connectivity index (χ4n) is 6.46. The van der Waals surface area contributed by atoms with E-state index in [1.807, 2.05) is 96.8 Å². The second-order valence-corrected chi connectivity index (χ2v) is 10.8. The lowest BCUT2D eigenvalue weighted by molar-refractivity contribution is -0.291. The van der Waals surface area contributed by atoms with Crippen LogP contribution in [0.15, 0.2) is 96.1 Å². The second-order valence-electron chi connectivity index (χ2n) is 10.8. The van der Waals surface area contributed by atoms with Crippen molar-refractivity contribution in [2.24, 2.45) is 0 Å². The van der Waals surface area contributed by atoms with Gasteiger partial charge in [-0.05, 0) is 30.5 Å². The molecule has 2 atom stereocenters. The van der Waals surface area contributed by atoms with Crippen molar-refractivity contribution in [2.75, 3.05) is 18.1 Å². The van der Waals surface area contributed by atoms with Crippen LogP contribution in [0.3, 0.4) is 0 Å². The standard InChI is InChI=1S/C34H36N2O4/c1-3-5-14-21-36-31(37)27(22-25-15-8-6-9-16-25)29-23-33(40-34(29,36)39-4-2)28-19-12-13-20-30(28)35(32(33)38)24-26-17-10-7-11-18-26/h6-13,15-20H,3-5,14,21-24H2,1-2H3/t33-,34+/m0/s1. The summed E-state index contributed by atoms with van der Waals surface area (Å²) in [6.45, 7) is 5.35. The number of rotatable bonds is 10. The van der Waals surface area contributed by atoms with Crippen molar-refractivity contribution in [1.82, 2.24) is 4.90 Å². The number of hydrogen-bond acceptors (Lipinski definition) is 4. The maximum absolute atomic E-state index is 14.5. The van der Waals surface area contributed by atoms with Gasteiger partial charge in [0.15, 0.2) is 5.60 Å². The Morgan fingerprint density at radius 2 is 1.52 bits per heavy atom. The summed E-state index contributed by atoms with van der Waals surface area (Å²) >= 11 is 0. The smallest absolute Gasteiger partial charge is 0.280 e. The predicted molar refractivity (Wildman–Crippen MR) is 154 cm³/mol. The number of anilines is 1. The van der Waals surface area contributed by atoms with Gasteiger partial charge < -0.3 is 14.4 Å². The molecule has 3 heterocycles. The molecule has 6 rings (SSSR count). The first-order valence-electron chi connectivity index (χ1n) is 14.4. The van der Waals surface area contributed by atoms with Gasteiger partial charge in [0.05, 0.1) is 12.2 Å². The van der Waals surface area contributed by atoms with Crippen LogP contribution in [0.4, 0.5) is 5.69 Å². The molecule has 40 heavy (non-hydrogen) atoms. The van der Waals surface area contributed by atoms with Gasteiger partial charge in [-0.3, -0.25) is 14.5 Å². The number of para-hydroxylation sites is 1. The fourth-order valence-corrected chi connectivity index (χ4v) is 6.46. The molecule has 0 aliphatic carbocycles. The zero-order valence-corrected chi connectivity index (χ0v) is 23.3. The summed E-state index contributed by atoms with van der Waals surface area (Å²) in [6, 6.07) is 27.9.